The van der Waals surface area contributed by atoms with Gasteiger partial charge in [0.2, 0.25) is 0 Å². The summed E-state index contributed by atoms with van der Waals surface area (Å²) in [5, 5.41) is 7.16. The molecule has 0 aliphatic rings. The van der Waals surface area contributed by atoms with Gasteiger partial charge in [0.25, 0.3) is 0 Å². The van der Waals surface area contributed by atoms with Crippen molar-refractivity contribution in [1.82, 2.24) is 15.6 Å². The van der Waals surface area contributed by atoms with E-state index >= 15 is 0 Å². The molecule has 0 amide bonds. The summed E-state index contributed by atoms with van der Waals surface area (Å²) >= 11 is 5.80. The summed E-state index contributed by atoms with van der Waals surface area (Å²) in [6.45, 7) is 6.60. The quantitative estimate of drug-likeness (QED) is 0.277. The van der Waals surface area contributed by atoms with Crippen LogP contribution < -0.4 is 10.6 Å². The van der Waals surface area contributed by atoms with Gasteiger partial charge in [-0.05, 0) is 43.9 Å². The lowest BCUT2D eigenvalue weighted by Crippen LogP contribution is -2.38. The van der Waals surface area contributed by atoms with Crippen molar-refractivity contribution >= 4 is 41.5 Å². The Morgan fingerprint density at radius 2 is 1.96 bits per heavy atom. The SMILES string of the molecule is CCNC(=NCCc1cccc(C)c1)NCCc1ccc(Cl)nc1.I. The number of halogens is 2. The standard InChI is InChI=1S/C19H25ClN4.HI/c1-3-21-19(22-11-9-16-6-4-5-15(2)13-16)23-12-10-17-7-8-18(20)24-14-17;/h4-8,13-14H,3,9-12H2,1-2H3,(H2,21,22,23);1H. The molecule has 1 aromatic carbocycles. The van der Waals surface area contributed by atoms with Crippen LogP contribution in [0.25, 0.3) is 0 Å². The fourth-order valence-corrected chi connectivity index (χ4v) is 2.50. The molecule has 2 rings (SSSR count). The van der Waals surface area contributed by atoms with Crippen molar-refractivity contribution in [2.45, 2.75) is 26.7 Å². The van der Waals surface area contributed by atoms with E-state index in [1.54, 1.807) is 0 Å². The second-order valence-corrected chi connectivity index (χ2v) is 6.05. The minimum Gasteiger partial charge on any atom is -0.357 e. The van der Waals surface area contributed by atoms with Crippen LogP contribution in [0.2, 0.25) is 5.15 Å². The Hall–Kier alpha value is -1.34. The summed E-state index contributed by atoms with van der Waals surface area (Å²) in [4.78, 5) is 8.74. The number of nitrogens with one attached hydrogen (secondary N) is 2. The molecule has 0 fully saturated rings. The monoisotopic (exact) mass is 472 g/mol. The first-order chi connectivity index (χ1) is 11.7. The highest BCUT2D eigenvalue weighted by Gasteiger charge is 1.99. The number of rotatable bonds is 7. The van der Waals surface area contributed by atoms with Crippen LogP contribution in [-0.2, 0) is 12.8 Å². The summed E-state index contributed by atoms with van der Waals surface area (Å²) in [7, 11) is 0. The van der Waals surface area contributed by atoms with Crippen molar-refractivity contribution in [3.8, 4) is 0 Å². The van der Waals surface area contributed by atoms with E-state index in [0.717, 1.165) is 44.0 Å². The minimum atomic E-state index is 0. The van der Waals surface area contributed by atoms with Crippen molar-refractivity contribution in [1.29, 1.82) is 0 Å². The van der Waals surface area contributed by atoms with Gasteiger partial charge in [-0.15, -0.1) is 24.0 Å². The molecule has 0 saturated carbocycles. The van der Waals surface area contributed by atoms with Crippen molar-refractivity contribution < 1.29 is 0 Å². The number of aryl methyl sites for hydroxylation is 1. The Kier molecular flexibility index (Phi) is 10.5. The Morgan fingerprint density at radius 1 is 1.12 bits per heavy atom. The van der Waals surface area contributed by atoms with Gasteiger partial charge in [-0.3, -0.25) is 4.99 Å². The maximum absolute atomic E-state index is 5.80. The maximum atomic E-state index is 5.80. The van der Waals surface area contributed by atoms with Crippen LogP contribution in [0.5, 0.6) is 0 Å². The fraction of sp³-hybridized carbons (Fsp3) is 0.368. The highest BCUT2D eigenvalue weighted by molar-refractivity contribution is 14.0. The van der Waals surface area contributed by atoms with E-state index in [4.69, 9.17) is 11.6 Å². The first kappa shape index (κ1) is 21.7. The summed E-state index contributed by atoms with van der Waals surface area (Å²) in [5.74, 6) is 0.854. The molecule has 0 spiro atoms. The molecule has 2 aromatic rings. The second-order valence-electron chi connectivity index (χ2n) is 5.67. The number of hydrogen-bond donors (Lipinski definition) is 2. The normalized spacial score (nSPS) is 10.9. The van der Waals surface area contributed by atoms with E-state index in [1.165, 1.54) is 11.1 Å². The highest BCUT2D eigenvalue weighted by Crippen LogP contribution is 2.06. The number of pyridine rings is 1. The summed E-state index contributed by atoms with van der Waals surface area (Å²) in [6.07, 6.45) is 3.64. The van der Waals surface area contributed by atoms with Gasteiger partial charge in [-0.25, -0.2) is 4.98 Å². The molecule has 1 aromatic heterocycles. The number of aromatic nitrogens is 1. The molecule has 2 N–H and O–H groups in total. The number of hydrogen-bond acceptors (Lipinski definition) is 2. The lowest BCUT2D eigenvalue weighted by Gasteiger charge is -2.11. The van der Waals surface area contributed by atoms with Crippen LogP contribution in [0.4, 0.5) is 0 Å². The molecule has 0 bridgehead atoms. The summed E-state index contributed by atoms with van der Waals surface area (Å²) in [6, 6.07) is 12.4. The molecule has 0 aliphatic carbocycles. The zero-order valence-electron chi connectivity index (χ0n) is 14.8. The van der Waals surface area contributed by atoms with Crippen molar-refractivity contribution in [2.75, 3.05) is 19.6 Å². The Balaban J connectivity index is 0.00000312. The molecule has 0 aliphatic heterocycles. The van der Waals surface area contributed by atoms with Crippen LogP contribution in [0, 0.1) is 6.92 Å². The topological polar surface area (TPSA) is 49.3 Å². The first-order valence-electron chi connectivity index (χ1n) is 8.35. The van der Waals surface area contributed by atoms with Gasteiger partial charge < -0.3 is 10.6 Å². The van der Waals surface area contributed by atoms with Gasteiger partial charge in [0.05, 0.1) is 0 Å². The lowest BCUT2D eigenvalue weighted by molar-refractivity contribution is 0.795. The van der Waals surface area contributed by atoms with Crippen LogP contribution in [0.15, 0.2) is 47.6 Å². The lowest BCUT2D eigenvalue weighted by atomic mass is 10.1. The average molecular weight is 473 g/mol. The molecule has 1 heterocycles. The van der Waals surface area contributed by atoms with Gasteiger partial charge >= 0.3 is 0 Å². The smallest absolute Gasteiger partial charge is 0.191 e. The molecule has 6 heteroatoms. The molecule has 0 radical (unpaired) electrons. The second kappa shape index (κ2) is 12.1. The van der Waals surface area contributed by atoms with Gasteiger partial charge in [-0.1, -0.05) is 47.5 Å². The Labute approximate surface area is 172 Å². The van der Waals surface area contributed by atoms with Gasteiger partial charge in [0, 0.05) is 25.8 Å². The van der Waals surface area contributed by atoms with Gasteiger partial charge in [0.15, 0.2) is 5.96 Å². The Morgan fingerprint density at radius 3 is 2.64 bits per heavy atom. The van der Waals surface area contributed by atoms with Crippen LogP contribution >= 0.6 is 35.6 Å². The molecular formula is C19H26ClIN4. The van der Waals surface area contributed by atoms with Crippen molar-refractivity contribution in [2.24, 2.45) is 4.99 Å². The zero-order valence-corrected chi connectivity index (χ0v) is 17.8. The molecule has 136 valence electrons. The Bertz CT molecular complexity index is 659. The summed E-state index contributed by atoms with van der Waals surface area (Å²) in [5.41, 5.74) is 3.77. The third kappa shape index (κ3) is 8.54. The molecule has 0 saturated heterocycles. The van der Waals surface area contributed by atoms with Crippen molar-refractivity contribution in [3.05, 3.63) is 64.4 Å². The van der Waals surface area contributed by atoms with Gasteiger partial charge in [-0.2, -0.15) is 0 Å². The third-order valence-corrected chi connectivity index (χ3v) is 3.82. The number of benzene rings is 1. The van der Waals surface area contributed by atoms with E-state index in [9.17, 15) is 0 Å². The van der Waals surface area contributed by atoms with Crippen LogP contribution in [-0.4, -0.2) is 30.6 Å². The fourth-order valence-electron chi connectivity index (χ4n) is 2.39. The predicted octanol–water partition coefficient (Wildman–Crippen LogP) is 4.00. The van der Waals surface area contributed by atoms with E-state index in [1.807, 2.05) is 18.3 Å². The maximum Gasteiger partial charge on any atom is 0.191 e. The first-order valence-corrected chi connectivity index (χ1v) is 8.73. The molecule has 25 heavy (non-hydrogen) atoms. The van der Waals surface area contributed by atoms with E-state index in [2.05, 4.69) is 58.7 Å². The number of guanidine groups is 1. The zero-order chi connectivity index (χ0) is 17.2. The minimum absolute atomic E-state index is 0. The van der Waals surface area contributed by atoms with E-state index < -0.39 is 0 Å². The molecular weight excluding hydrogens is 447 g/mol. The number of nitrogens with zero attached hydrogens (tertiary/aromatic N) is 2. The largest absolute Gasteiger partial charge is 0.357 e. The van der Waals surface area contributed by atoms with Crippen LogP contribution in [0.1, 0.15) is 23.6 Å². The third-order valence-electron chi connectivity index (χ3n) is 3.59. The van der Waals surface area contributed by atoms with Crippen LogP contribution in [0.3, 0.4) is 0 Å². The molecule has 0 unspecified atom stereocenters. The summed E-state index contributed by atoms with van der Waals surface area (Å²) < 4.78 is 0. The predicted molar refractivity (Wildman–Crippen MR) is 117 cm³/mol. The molecule has 4 nitrogen and oxygen atoms in total. The van der Waals surface area contributed by atoms with Gasteiger partial charge in [0.1, 0.15) is 5.15 Å². The van der Waals surface area contributed by atoms with E-state index in [-0.39, 0.29) is 24.0 Å². The average Bonchev–Trinajstić information content (AvgIpc) is 2.57. The highest BCUT2D eigenvalue weighted by atomic mass is 127. The van der Waals surface area contributed by atoms with Crippen molar-refractivity contribution in [3.63, 3.8) is 0 Å². The molecule has 0 atom stereocenters. The number of aliphatic imine (C=N–C) groups is 1. The van der Waals surface area contributed by atoms with E-state index in [0.29, 0.717) is 5.15 Å².